The molecule has 116 valence electrons. The first-order chi connectivity index (χ1) is 10.0. The molecule has 0 saturated heterocycles. The number of rotatable bonds is 5. The van der Waals surface area contributed by atoms with Crippen LogP contribution in [0.4, 0.5) is 0 Å². The van der Waals surface area contributed by atoms with E-state index < -0.39 is 0 Å². The molecule has 1 unspecified atom stereocenters. The van der Waals surface area contributed by atoms with E-state index in [-0.39, 0.29) is 11.9 Å². The summed E-state index contributed by atoms with van der Waals surface area (Å²) < 4.78 is 5.87. The number of hydrogen-bond donors (Lipinski definition) is 0. The molecule has 2 heteroatoms. The Hall–Kier alpha value is -1.15. The molecule has 2 nitrogen and oxygen atoms in total. The van der Waals surface area contributed by atoms with Crippen LogP contribution in [0, 0.1) is 26.7 Å². The first-order valence-electron chi connectivity index (χ1n) is 8.28. The lowest BCUT2D eigenvalue weighted by Crippen LogP contribution is -2.34. The average Bonchev–Trinajstić information content (AvgIpc) is 2.49. The Morgan fingerprint density at radius 3 is 2.33 bits per heavy atom. The van der Waals surface area contributed by atoms with Crippen LogP contribution in [0.25, 0.3) is 0 Å². The summed E-state index contributed by atoms with van der Waals surface area (Å²) in [6, 6.07) is 4.16. The van der Waals surface area contributed by atoms with E-state index >= 15 is 0 Å². The molecule has 2 rings (SSSR count). The molecule has 0 aromatic heterocycles. The van der Waals surface area contributed by atoms with Crippen LogP contribution < -0.4 is 0 Å². The van der Waals surface area contributed by atoms with E-state index in [1.807, 2.05) is 19.9 Å². The molecule has 1 atom stereocenters. The number of hydrogen-bond acceptors (Lipinski definition) is 2. The number of benzene rings is 1. The Kier molecular flexibility index (Phi) is 5.58. The van der Waals surface area contributed by atoms with Gasteiger partial charge in [0.25, 0.3) is 0 Å². The summed E-state index contributed by atoms with van der Waals surface area (Å²) in [5.74, 6) is 0.580. The second-order valence-corrected chi connectivity index (χ2v) is 6.39. The molecule has 0 amide bonds. The minimum absolute atomic E-state index is 0.185. The van der Waals surface area contributed by atoms with Crippen molar-refractivity contribution in [1.29, 1.82) is 0 Å². The Balaban J connectivity index is 2.27. The summed E-state index contributed by atoms with van der Waals surface area (Å²) in [5, 5.41) is 0. The predicted molar refractivity (Wildman–Crippen MR) is 87.0 cm³/mol. The zero-order chi connectivity index (χ0) is 15.4. The Labute approximate surface area is 128 Å². The zero-order valence-corrected chi connectivity index (χ0v) is 13.9. The van der Waals surface area contributed by atoms with Crippen molar-refractivity contribution >= 4 is 5.78 Å². The summed E-state index contributed by atoms with van der Waals surface area (Å²) in [7, 11) is 0. The smallest absolute Gasteiger partial charge is 0.192 e. The van der Waals surface area contributed by atoms with Crippen molar-refractivity contribution in [3.8, 4) is 0 Å². The average molecular weight is 288 g/mol. The largest absolute Gasteiger partial charge is 0.370 e. The fourth-order valence-electron chi connectivity index (χ4n) is 3.42. The lowest BCUT2D eigenvalue weighted by Gasteiger charge is -2.29. The van der Waals surface area contributed by atoms with Gasteiger partial charge in [0.1, 0.15) is 6.10 Å². The molecule has 0 spiro atoms. The van der Waals surface area contributed by atoms with Crippen molar-refractivity contribution in [2.24, 2.45) is 5.92 Å². The highest BCUT2D eigenvalue weighted by Gasteiger charge is 2.31. The van der Waals surface area contributed by atoms with E-state index in [1.165, 1.54) is 30.4 Å². The van der Waals surface area contributed by atoms with Gasteiger partial charge in [-0.05, 0) is 69.2 Å². The maximum Gasteiger partial charge on any atom is 0.192 e. The van der Waals surface area contributed by atoms with Crippen LogP contribution in [-0.2, 0) is 4.74 Å². The topological polar surface area (TPSA) is 26.3 Å². The van der Waals surface area contributed by atoms with Gasteiger partial charge in [0, 0.05) is 12.2 Å². The van der Waals surface area contributed by atoms with E-state index in [0.29, 0.717) is 12.5 Å². The van der Waals surface area contributed by atoms with Crippen molar-refractivity contribution in [1.82, 2.24) is 0 Å². The van der Waals surface area contributed by atoms with Gasteiger partial charge in [-0.2, -0.15) is 0 Å². The summed E-state index contributed by atoms with van der Waals surface area (Å²) in [6.45, 7) is 8.79. The number of ketones is 1. The predicted octanol–water partition coefficient (Wildman–Crippen LogP) is 4.78. The summed E-state index contributed by atoms with van der Waals surface area (Å²) in [5.41, 5.74) is 4.35. The maximum absolute atomic E-state index is 13.0. The molecule has 1 aliphatic rings. The summed E-state index contributed by atoms with van der Waals surface area (Å²) in [6.07, 6.45) is 5.75. The standard InChI is InChI=1S/C19H28O2/c1-5-21-19(16-9-7-6-8-10-16)18(20)17-12-14(3)13(2)11-15(17)4/h11-12,16,19H,5-10H2,1-4H3. The molecule has 1 saturated carbocycles. The highest BCUT2D eigenvalue weighted by atomic mass is 16.5. The molecular weight excluding hydrogens is 260 g/mol. The summed E-state index contributed by atoms with van der Waals surface area (Å²) >= 11 is 0. The zero-order valence-electron chi connectivity index (χ0n) is 13.9. The van der Waals surface area contributed by atoms with Crippen molar-refractivity contribution in [3.05, 3.63) is 34.4 Å². The maximum atomic E-state index is 13.0. The molecule has 0 heterocycles. The number of carbonyl (C=O) groups excluding carboxylic acids is 1. The molecule has 0 N–H and O–H groups in total. The Morgan fingerprint density at radius 2 is 1.71 bits per heavy atom. The third-order valence-electron chi connectivity index (χ3n) is 4.79. The molecule has 21 heavy (non-hydrogen) atoms. The van der Waals surface area contributed by atoms with Gasteiger partial charge >= 0.3 is 0 Å². The Morgan fingerprint density at radius 1 is 1.10 bits per heavy atom. The quantitative estimate of drug-likeness (QED) is 0.729. The van der Waals surface area contributed by atoms with Crippen LogP contribution in [0.15, 0.2) is 12.1 Å². The molecule has 1 aliphatic carbocycles. The second kappa shape index (κ2) is 7.22. The number of carbonyl (C=O) groups is 1. The van der Waals surface area contributed by atoms with E-state index in [0.717, 1.165) is 24.0 Å². The normalized spacial score (nSPS) is 17.7. The van der Waals surface area contributed by atoms with Gasteiger partial charge in [-0.15, -0.1) is 0 Å². The van der Waals surface area contributed by atoms with Crippen LogP contribution >= 0.6 is 0 Å². The lowest BCUT2D eigenvalue weighted by atomic mass is 9.81. The third kappa shape index (κ3) is 3.74. The van der Waals surface area contributed by atoms with Crippen molar-refractivity contribution < 1.29 is 9.53 Å². The molecule has 0 aliphatic heterocycles. The number of Topliss-reactive ketones (excluding diaryl/α,β-unsaturated/α-hetero) is 1. The van der Waals surface area contributed by atoms with Gasteiger partial charge in [0.2, 0.25) is 0 Å². The molecule has 1 fully saturated rings. The minimum atomic E-state index is -0.254. The van der Waals surface area contributed by atoms with Crippen LogP contribution in [0.5, 0.6) is 0 Å². The summed E-state index contributed by atoms with van der Waals surface area (Å²) in [4.78, 5) is 13.0. The van der Waals surface area contributed by atoms with Gasteiger partial charge in [0.05, 0.1) is 0 Å². The van der Waals surface area contributed by atoms with Gasteiger partial charge in [-0.25, -0.2) is 0 Å². The second-order valence-electron chi connectivity index (χ2n) is 6.39. The first kappa shape index (κ1) is 16.2. The highest BCUT2D eigenvalue weighted by Crippen LogP contribution is 2.30. The van der Waals surface area contributed by atoms with Crippen molar-refractivity contribution in [2.45, 2.75) is 65.9 Å². The first-order valence-corrected chi connectivity index (χ1v) is 8.28. The van der Waals surface area contributed by atoms with Gasteiger partial charge < -0.3 is 4.74 Å². The SMILES string of the molecule is CCOC(C(=O)c1cc(C)c(C)cc1C)C1CCCCC1. The highest BCUT2D eigenvalue weighted by molar-refractivity contribution is 6.01. The van der Waals surface area contributed by atoms with Gasteiger partial charge in [0.15, 0.2) is 5.78 Å². The molecule has 0 radical (unpaired) electrons. The molecular formula is C19H28O2. The van der Waals surface area contributed by atoms with Crippen molar-refractivity contribution in [3.63, 3.8) is 0 Å². The van der Waals surface area contributed by atoms with E-state index in [1.54, 1.807) is 0 Å². The number of aryl methyl sites for hydroxylation is 3. The van der Waals surface area contributed by atoms with Gasteiger partial charge in [-0.3, -0.25) is 4.79 Å². The van der Waals surface area contributed by atoms with E-state index in [2.05, 4.69) is 19.9 Å². The lowest BCUT2D eigenvalue weighted by molar-refractivity contribution is 0.0126. The number of ether oxygens (including phenoxy) is 1. The monoisotopic (exact) mass is 288 g/mol. The fraction of sp³-hybridized carbons (Fsp3) is 0.632. The minimum Gasteiger partial charge on any atom is -0.370 e. The molecule has 0 bridgehead atoms. The van der Waals surface area contributed by atoms with Crippen LogP contribution in [-0.4, -0.2) is 18.5 Å². The van der Waals surface area contributed by atoms with E-state index in [4.69, 9.17) is 4.74 Å². The van der Waals surface area contributed by atoms with Crippen molar-refractivity contribution in [2.75, 3.05) is 6.61 Å². The van der Waals surface area contributed by atoms with Crippen LogP contribution in [0.2, 0.25) is 0 Å². The van der Waals surface area contributed by atoms with Gasteiger partial charge in [-0.1, -0.05) is 25.3 Å². The molecule has 1 aromatic rings. The molecule has 1 aromatic carbocycles. The third-order valence-corrected chi connectivity index (χ3v) is 4.79. The fourth-order valence-corrected chi connectivity index (χ4v) is 3.42. The van der Waals surface area contributed by atoms with E-state index in [9.17, 15) is 4.79 Å². The Bertz CT molecular complexity index is 499. The van der Waals surface area contributed by atoms with Crippen LogP contribution in [0.1, 0.15) is 66.1 Å². The van der Waals surface area contributed by atoms with Crippen LogP contribution in [0.3, 0.4) is 0 Å².